The van der Waals surface area contributed by atoms with Gasteiger partial charge in [0.05, 0.1) is 16.8 Å². The van der Waals surface area contributed by atoms with Crippen LogP contribution < -0.4 is 16.0 Å². The lowest BCUT2D eigenvalue weighted by Gasteiger charge is -2.20. The standard InChI is InChI=1S/C19H23ClN6O3S2/c1-26-6-5-14-13(9-26)24-19(31-14)18(29)23-12(10-30-2)8-22-16(27)17(28)25-15-4-3-11(20)7-21-15/h3-4,7,12H,5-6,8-10H2,1-2H3,(H,22,27)(H,23,29)(H,21,25,28)/t12-/m0/s1. The lowest BCUT2D eigenvalue weighted by Crippen LogP contribution is -2.47. The second-order valence-electron chi connectivity index (χ2n) is 7.03. The van der Waals surface area contributed by atoms with E-state index in [1.165, 1.54) is 35.4 Å². The van der Waals surface area contributed by atoms with E-state index in [0.717, 1.165) is 30.1 Å². The Labute approximate surface area is 193 Å². The fourth-order valence-corrected chi connectivity index (χ4v) is 4.62. The molecule has 0 radical (unpaired) electrons. The average molecular weight is 483 g/mol. The maximum absolute atomic E-state index is 12.7. The third kappa shape index (κ3) is 6.63. The van der Waals surface area contributed by atoms with Crippen LogP contribution in [0.25, 0.3) is 0 Å². The Kier molecular flexibility index (Phi) is 8.24. The summed E-state index contributed by atoms with van der Waals surface area (Å²) in [6, 6.07) is 2.70. The molecule has 166 valence electrons. The number of rotatable bonds is 7. The first kappa shape index (κ1) is 23.5. The van der Waals surface area contributed by atoms with Gasteiger partial charge < -0.3 is 20.9 Å². The van der Waals surface area contributed by atoms with E-state index in [-0.39, 0.29) is 24.3 Å². The van der Waals surface area contributed by atoms with Crippen molar-refractivity contribution in [3.05, 3.63) is 38.9 Å². The van der Waals surface area contributed by atoms with Gasteiger partial charge in [-0.15, -0.1) is 11.3 Å². The quantitative estimate of drug-likeness (QED) is 0.510. The fraction of sp³-hybridized carbons (Fsp3) is 0.421. The fourth-order valence-electron chi connectivity index (χ4n) is 2.95. The summed E-state index contributed by atoms with van der Waals surface area (Å²) in [5, 5.41) is 8.70. The molecule has 3 heterocycles. The van der Waals surface area contributed by atoms with Crippen LogP contribution in [0.1, 0.15) is 20.4 Å². The van der Waals surface area contributed by atoms with Gasteiger partial charge in [-0.2, -0.15) is 11.8 Å². The molecule has 1 atom stereocenters. The van der Waals surface area contributed by atoms with Gasteiger partial charge in [-0.1, -0.05) is 11.6 Å². The van der Waals surface area contributed by atoms with E-state index in [9.17, 15) is 14.4 Å². The highest BCUT2D eigenvalue weighted by Gasteiger charge is 2.23. The van der Waals surface area contributed by atoms with Crippen molar-refractivity contribution in [2.45, 2.75) is 19.0 Å². The number of carbonyl (C=O) groups excluding carboxylic acids is 3. The summed E-state index contributed by atoms with van der Waals surface area (Å²) in [4.78, 5) is 48.6. The Hall–Kier alpha value is -2.21. The number of likely N-dealkylation sites (N-methyl/N-ethyl adjacent to an activating group) is 1. The monoisotopic (exact) mass is 482 g/mol. The number of hydrogen-bond acceptors (Lipinski definition) is 8. The zero-order valence-electron chi connectivity index (χ0n) is 17.1. The molecule has 0 unspecified atom stereocenters. The van der Waals surface area contributed by atoms with Gasteiger partial charge in [-0.25, -0.2) is 9.97 Å². The van der Waals surface area contributed by atoms with Gasteiger partial charge in [0, 0.05) is 36.5 Å². The number of fused-ring (bicyclic) bond motifs is 1. The van der Waals surface area contributed by atoms with Crippen molar-refractivity contribution >= 4 is 58.2 Å². The molecule has 1 aliphatic heterocycles. The molecule has 0 aliphatic carbocycles. The Bertz CT molecular complexity index is 953. The van der Waals surface area contributed by atoms with Gasteiger partial charge in [0.2, 0.25) is 0 Å². The lowest BCUT2D eigenvalue weighted by atomic mass is 10.2. The van der Waals surface area contributed by atoms with Crippen LogP contribution in [-0.4, -0.2) is 70.8 Å². The smallest absolute Gasteiger partial charge is 0.314 e. The number of halogens is 1. The van der Waals surface area contributed by atoms with Gasteiger partial charge in [-0.05, 0) is 31.9 Å². The summed E-state index contributed by atoms with van der Waals surface area (Å²) in [6.07, 6.45) is 4.16. The molecular formula is C19H23ClN6O3S2. The predicted octanol–water partition coefficient (Wildman–Crippen LogP) is 1.40. The van der Waals surface area contributed by atoms with Crippen molar-refractivity contribution in [2.75, 3.05) is 37.5 Å². The molecule has 0 spiro atoms. The number of nitrogens with one attached hydrogen (secondary N) is 3. The van der Waals surface area contributed by atoms with E-state index in [1.807, 2.05) is 13.3 Å². The molecule has 0 bridgehead atoms. The second-order valence-corrected chi connectivity index (χ2v) is 9.46. The van der Waals surface area contributed by atoms with Gasteiger partial charge in [0.1, 0.15) is 5.82 Å². The maximum Gasteiger partial charge on any atom is 0.314 e. The van der Waals surface area contributed by atoms with Crippen LogP contribution in [0.5, 0.6) is 0 Å². The summed E-state index contributed by atoms with van der Waals surface area (Å²) >= 11 is 8.69. The third-order valence-corrected chi connectivity index (χ3v) is 6.62. The van der Waals surface area contributed by atoms with Crippen LogP contribution in [0, 0.1) is 0 Å². The van der Waals surface area contributed by atoms with Gasteiger partial charge in [0.25, 0.3) is 5.91 Å². The van der Waals surface area contributed by atoms with Crippen LogP contribution >= 0.6 is 34.7 Å². The van der Waals surface area contributed by atoms with Crippen molar-refractivity contribution in [1.82, 2.24) is 25.5 Å². The Morgan fingerprint density at radius 3 is 2.84 bits per heavy atom. The zero-order valence-corrected chi connectivity index (χ0v) is 19.5. The van der Waals surface area contributed by atoms with Crippen molar-refractivity contribution in [2.24, 2.45) is 0 Å². The van der Waals surface area contributed by atoms with E-state index in [0.29, 0.717) is 15.8 Å². The van der Waals surface area contributed by atoms with Crippen LogP contribution in [-0.2, 0) is 22.6 Å². The minimum atomic E-state index is -0.847. The third-order valence-electron chi connectivity index (χ3n) is 4.50. The van der Waals surface area contributed by atoms with Crippen molar-refractivity contribution in [3.8, 4) is 0 Å². The second kappa shape index (κ2) is 10.9. The highest BCUT2D eigenvalue weighted by atomic mass is 35.5. The van der Waals surface area contributed by atoms with Crippen LogP contribution in [0.2, 0.25) is 5.02 Å². The topological polar surface area (TPSA) is 116 Å². The maximum atomic E-state index is 12.7. The molecule has 9 nitrogen and oxygen atoms in total. The number of pyridine rings is 1. The van der Waals surface area contributed by atoms with E-state index in [1.54, 1.807) is 6.07 Å². The Morgan fingerprint density at radius 2 is 2.13 bits per heavy atom. The zero-order chi connectivity index (χ0) is 22.4. The van der Waals surface area contributed by atoms with Crippen molar-refractivity contribution < 1.29 is 14.4 Å². The van der Waals surface area contributed by atoms with Crippen LogP contribution in [0.3, 0.4) is 0 Å². The summed E-state index contributed by atoms with van der Waals surface area (Å²) in [6.45, 7) is 1.80. The summed E-state index contributed by atoms with van der Waals surface area (Å²) in [5.41, 5.74) is 0.950. The molecular weight excluding hydrogens is 460 g/mol. The number of thiazole rings is 1. The molecule has 3 N–H and O–H groups in total. The Balaban J connectivity index is 1.53. The number of nitrogens with zero attached hydrogens (tertiary/aromatic N) is 3. The van der Waals surface area contributed by atoms with Gasteiger partial charge in [0.15, 0.2) is 5.01 Å². The highest BCUT2D eigenvalue weighted by molar-refractivity contribution is 7.98. The SMILES string of the molecule is CSC[C@H](CNC(=O)C(=O)Nc1ccc(Cl)cn1)NC(=O)c1nc2c(s1)CCN(C)C2. The molecule has 0 saturated heterocycles. The number of anilines is 1. The minimum Gasteiger partial charge on any atom is -0.346 e. The van der Waals surface area contributed by atoms with Crippen LogP contribution in [0.15, 0.2) is 18.3 Å². The first-order valence-corrected chi connectivity index (χ1v) is 12.1. The molecule has 1 aliphatic rings. The molecule has 2 aromatic heterocycles. The summed E-state index contributed by atoms with van der Waals surface area (Å²) in [5.74, 6) is -1.15. The molecule has 0 saturated carbocycles. The normalized spacial score (nSPS) is 14.4. The van der Waals surface area contributed by atoms with E-state index < -0.39 is 11.8 Å². The summed E-state index contributed by atoms with van der Waals surface area (Å²) < 4.78 is 0. The van der Waals surface area contributed by atoms with Gasteiger partial charge in [-0.3, -0.25) is 14.4 Å². The molecule has 12 heteroatoms. The first-order valence-electron chi connectivity index (χ1n) is 9.53. The Morgan fingerprint density at radius 1 is 1.32 bits per heavy atom. The number of amides is 3. The molecule has 2 aromatic rings. The average Bonchev–Trinajstić information content (AvgIpc) is 3.17. The molecule has 0 fully saturated rings. The largest absolute Gasteiger partial charge is 0.346 e. The molecule has 3 amide bonds. The number of hydrogen-bond donors (Lipinski definition) is 3. The molecule has 31 heavy (non-hydrogen) atoms. The first-order chi connectivity index (χ1) is 14.9. The minimum absolute atomic E-state index is 0.112. The number of thioether (sulfide) groups is 1. The van der Waals surface area contributed by atoms with Crippen LogP contribution in [0.4, 0.5) is 5.82 Å². The van der Waals surface area contributed by atoms with Gasteiger partial charge >= 0.3 is 11.8 Å². The molecule has 3 rings (SSSR count). The van der Waals surface area contributed by atoms with E-state index in [4.69, 9.17) is 11.6 Å². The highest BCUT2D eigenvalue weighted by Crippen LogP contribution is 2.24. The summed E-state index contributed by atoms with van der Waals surface area (Å²) in [7, 11) is 2.03. The van der Waals surface area contributed by atoms with E-state index in [2.05, 4.69) is 30.8 Å². The predicted molar refractivity (Wildman–Crippen MR) is 123 cm³/mol. The number of aromatic nitrogens is 2. The molecule has 0 aromatic carbocycles. The van der Waals surface area contributed by atoms with E-state index >= 15 is 0 Å². The van der Waals surface area contributed by atoms with Crippen molar-refractivity contribution in [1.29, 1.82) is 0 Å². The number of carbonyl (C=O) groups is 3. The van der Waals surface area contributed by atoms with Crippen molar-refractivity contribution in [3.63, 3.8) is 0 Å². The lowest BCUT2D eigenvalue weighted by molar-refractivity contribution is -0.136.